The zero-order valence-electron chi connectivity index (χ0n) is 9.88. The molecule has 4 heteroatoms. The number of rotatable bonds is 3. The highest BCUT2D eigenvalue weighted by Gasteiger charge is 2.48. The van der Waals surface area contributed by atoms with Crippen LogP contribution >= 0.6 is 11.6 Å². The Balaban J connectivity index is 2.10. The van der Waals surface area contributed by atoms with E-state index in [-0.39, 0.29) is 17.2 Å². The van der Waals surface area contributed by atoms with Gasteiger partial charge in [-0.15, -0.1) is 11.6 Å². The quantitative estimate of drug-likeness (QED) is 0.711. The van der Waals surface area contributed by atoms with E-state index in [1.165, 1.54) is 25.7 Å². The van der Waals surface area contributed by atoms with Crippen LogP contribution in [0.3, 0.4) is 0 Å². The fourth-order valence-electron chi connectivity index (χ4n) is 3.38. The van der Waals surface area contributed by atoms with Crippen LogP contribution in [0.4, 0.5) is 0 Å². The monoisotopic (exact) mass is 245 g/mol. The third-order valence-corrected chi connectivity index (χ3v) is 4.42. The van der Waals surface area contributed by atoms with Crippen LogP contribution in [0.2, 0.25) is 0 Å². The molecule has 16 heavy (non-hydrogen) atoms. The summed E-state index contributed by atoms with van der Waals surface area (Å²) < 4.78 is 5.38. The Morgan fingerprint density at radius 2 is 2.38 bits per heavy atom. The Morgan fingerprint density at radius 1 is 1.56 bits per heavy atom. The van der Waals surface area contributed by atoms with Crippen molar-refractivity contribution >= 4 is 17.5 Å². The Hall–Kier alpha value is -0.280. The van der Waals surface area contributed by atoms with Crippen LogP contribution in [0.1, 0.15) is 25.7 Å². The van der Waals surface area contributed by atoms with Crippen LogP contribution in [0.15, 0.2) is 0 Å². The fraction of sp³-hybridized carbons (Fsp3) is 0.917. The number of halogens is 1. The van der Waals surface area contributed by atoms with Crippen molar-refractivity contribution in [3.8, 4) is 0 Å². The Labute approximate surface area is 102 Å². The molecule has 3 nitrogen and oxygen atoms in total. The van der Waals surface area contributed by atoms with Crippen molar-refractivity contribution < 1.29 is 9.53 Å². The first kappa shape index (κ1) is 12.2. The van der Waals surface area contributed by atoms with E-state index in [0.717, 1.165) is 19.7 Å². The van der Waals surface area contributed by atoms with Crippen LogP contribution in [0.25, 0.3) is 0 Å². The molecular weight excluding hydrogens is 226 g/mol. The van der Waals surface area contributed by atoms with Gasteiger partial charge in [0, 0.05) is 25.6 Å². The van der Waals surface area contributed by atoms with Crippen molar-refractivity contribution in [1.29, 1.82) is 0 Å². The first-order valence-electron chi connectivity index (χ1n) is 6.04. The lowest BCUT2D eigenvalue weighted by Crippen LogP contribution is -2.38. The van der Waals surface area contributed by atoms with E-state index in [1.807, 2.05) is 4.90 Å². The third kappa shape index (κ3) is 2.07. The van der Waals surface area contributed by atoms with Gasteiger partial charge in [0.15, 0.2) is 0 Å². The fourth-order valence-corrected chi connectivity index (χ4v) is 3.55. The molecule has 0 N–H and O–H groups in total. The molecule has 0 radical (unpaired) electrons. The predicted octanol–water partition coefficient (Wildman–Crippen LogP) is 1.89. The van der Waals surface area contributed by atoms with E-state index in [9.17, 15) is 4.79 Å². The number of hydrogen-bond donors (Lipinski definition) is 0. The maximum absolute atomic E-state index is 11.7. The van der Waals surface area contributed by atoms with Crippen molar-refractivity contribution in [2.24, 2.45) is 11.3 Å². The first-order chi connectivity index (χ1) is 7.72. The zero-order chi connectivity index (χ0) is 11.6. The second-order valence-electron chi connectivity index (χ2n) is 5.15. The van der Waals surface area contributed by atoms with E-state index in [4.69, 9.17) is 16.3 Å². The van der Waals surface area contributed by atoms with Gasteiger partial charge < -0.3 is 9.64 Å². The van der Waals surface area contributed by atoms with Gasteiger partial charge in [0.05, 0.1) is 6.61 Å². The molecule has 0 spiro atoms. The van der Waals surface area contributed by atoms with Gasteiger partial charge in [0.2, 0.25) is 5.91 Å². The van der Waals surface area contributed by atoms with E-state index in [1.54, 1.807) is 7.11 Å². The molecular formula is C12H20ClNO2. The molecule has 0 bridgehead atoms. The molecule has 2 rings (SSSR count). The smallest absolute Gasteiger partial charge is 0.237 e. The summed E-state index contributed by atoms with van der Waals surface area (Å²) in [4.78, 5) is 13.6. The van der Waals surface area contributed by atoms with Crippen molar-refractivity contribution in [3.05, 3.63) is 0 Å². The maximum atomic E-state index is 11.7. The average Bonchev–Trinajstić information content (AvgIpc) is 2.67. The molecule has 1 saturated heterocycles. The molecule has 1 aliphatic carbocycles. The molecule has 0 aromatic rings. The summed E-state index contributed by atoms with van der Waals surface area (Å²) in [6.07, 6.45) is 4.98. The third-order valence-electron chi connectivity index (χ3n) is 4.19. The zero-order valence-corrected chi connectivity index (χ0v) is 10.6. The summed E-state index contributed by atoms with van der Waals surface area (Å²) in [5.41, 5.74) is 0.217. The van der Waals surface area contributed by atoms with Gasteiger partial charge in [-0.1, -0.05) is 12.8 Å². The second-order valence-corrected chi connectivity index (χ2v) is 5.41. The Morgan fingerprint density at radius 3 is 3.06 bits per heavy atom. The number of hydrogen-bond acceptors (Lipinski definition) is 2. The minimum atomic E-state index is 0.0755. The molecule has 1 saturated carbocycles. The minimum absolute atomic E-state index is 0.0755. The molecule has 0 aromatic carbocycles. The SMILES string of the molecule is COCC12CCCCC1CN(C(=O)CCl)C2. The van der Waals surface area contributed by atoms with Crippen LogP contribution in [-0.2, 0) is 9.53 Å². The summed E-state index contributed by atoms with van der Waals surface area (Å²) in [6, 6.07) is 0. The molecule has 92 valence electrons. The highest BCUT2D eigenvalue weighted by molar-refractivity contribution is 6.27. The number of fused-ring (bicyclic) bond motifs is 1. The van der Waals surface area contributed by atoms with Crippen LogP contribution in [-0.4, -0.2) is 43.5 Å². The predicted molar refractivity (Wildman–Crippen MR) is 63.6 cm³/mol. The summed E-state index contributed by atoms with van der Waals surface area (Å²) in [6.45, 7) is 2.51. The molecule has 2 aliphatic rings. The van der Waals surface area contributed by atoms with Crippen molar-refractivity contribution in [3.63, 3.8) is 0 Å². The van der Waals surface area contributed by atoms with Gasteiger partial charge in [0.25, 0.3) is 0 Å². The Bertz CT molecular complexity index is 268. The standard InChI is InChI=1S/C12H20ClNO2/c1-16-9-12-5-3-2-4-10(12)7-14(8-12)11(15)6-13/h10H,2-9H2,1H3. The van der Waals surface area contributed by atoms with Crippen LogP contribution < -0.4 is 0 Å². The molecule has 1 heterocycles. The molecule has 2 atom stereocenters. The molecule has 2 unspecified atom stereocenters. The highest BCUT2D eigenvalue weighted by Crippen LogP contribution is 2.46. The Kier molecular flexibility index (Phi) is 3.75. The summed E-state index contributed by atoms with van der Waals surface area (Å²) in [7, 11) is 1.76. The number of carbonyl (C=O) groups excluding carboxylic acids is 1. The van der Waals surface area contributed by atoms with Gasteiger partial charge in [-0.2, -0.15) is 0 Å². The normalized spacial score (nSPS) is 33.9. The number of carbonyl (C=O) groups is 1. The largest absolute Gasteiger partial charge is 0.384 e. The minimum Gasteiger partial charge on any atom is -0.384 e. The van der Waals surface area contributed by atoms with Crippen molar-refractivity contribution in [1.82, 2.24) is 4.90 Å². The number of likely N-dealkylation sites (tertiary alicyclic amines) is 1. The highest BCUT2D eigenvalue weighted by atomic mass is 35.5. The lowest BCUT2D eigenvalue weighted by atomic mass is 9.69. The van der Waals surface area contributed by atoms with Gasteiger partial charge in [-0.05, 0) is 18.8 Å². The summed E-state index contributed by atoms with van der Waals surface area (Å²) in [5, 5.41) is 0. The average molecular weight is 246 g/mol. The second kappa shape index (κ2) is 4.92. The molecule has 1 aliphatic heterocycles. The number of nitrogens with zero attached hydrogens (tertiary/aromatic N) is 1. The van der Waals surface area contributed by atoms with Gasteiger partial charge in [-0.25, -0.2) is 0 Å². The lowest BCUT2D eigenvalue weighted by Gasteiger charge is -2.37. The van der Waals surface area contributed by atoms with Gasteiger partial charge >= 0.3 is 0 Å². The molecule has 1 amide bonds. The lowest BCUT2D eigenvalue weighted by molar-refractivity contribution is -0.128. The number of ether oxygens (including phenoxy) is 1. The van der Waals surface area contributed by atoms with E-state index in [2.05, 4.69) is 0 Å². The number of amides is 1. The van der Waals surface area contributed by atoms with E-state index >= 15 is 0 Å². The van der Waals surface area contributed by atoms with Crippen LogP contribution in [0, 0.1) is 11.3 Å². The summed E-state index contributed by atoms with van der Waals surface area (Å²) >= 11 is 5.63. The van der Waals surface area contributed by atoms with Gasteiger partial charge in [0.1, 0.15) is 5.88 Å². The number of alkyl halides is 1. The van der Waals surface area contributed by atoms with Crippen molar-refractivity contribution in [2.45, 2.75) is 25.7 Å². The van der Waals surface area contributed by atoms with Gasteiger partial charge in [-0.3, -0.25) is 4.79 Å². The maximum Gasteiger partial charge on any atom is 0.237 e. The number of methoxy groups -OCH3 is 1. The molecule has 2 fully saturated rings. The van der Waals surface area contributed by atoms with Crippen molar-refractivity contribution in [2.75, 3.05) is 32.7 Å². The molecule has 0 aromatic heterocycles. The van der Waals surface area contributed by atoms with Crippen LogP contribution in [0.5, 0.6) is 0 Å². The topological polar surface area (TPSA) is 29.5 Å². The van der Waals surface area contributed by atoms with E-state index in [0.29, 0.717) is 5.92 Å². The summed E-state index contributed by atoms with van der Waals surface area (Å²) in [5.74, 6) is 0.801. The van der Waals surface area contributed by atoms with E-state index < -0.39 is 0 Å². The first-order valence-corrected chi connectivity index (χ1v) is 6.58.